The van der Waals surface area contributed by atoms with Gasteiger partial charge in [-0.3, -0.25) is 0 Å². The summed E-state index contributed by atoms with van der Waals surface area (Å²) in [4.78, 5) is 0. The summed E-state index contributed by atoms with van der Waals surface area (Å²) in [5.41, 5.74) is 5.78. The van der Waals surface area contributed by atoms with Crippen molar-refractivity contribution < 1.29 is 9.50 Å². The Kier molecular flexibility index (Phi) is 1.86. The van der Waals surface area contributed by atoms with E-state index in [2.05, 4.69) is 0 Å². The van der Waals surface area contributed by atoms with Crippen molar-refractivity contribution >= 4 is 0 Å². The average Bonchev–Trinajstić information content (AvgIpc) is 2.02. The van der Waals surface area contributed by atoms with Crippen LogP contribution in [0.2, 0.25) is 0 Å². The number of hydrogen-bond acceptors (Lipinski definition) is 2. The third kappa shape index (κ3) is 1.34. The number of halogens is 1. The first kappa shape index (κ1) is 8.66. The fraction of sp³-hybridized carbons (Fsp3) is 0.400. The Morgan fingerprint density at radius 2 is 2.00 bits per heavy atom. The molecule has 1 saturated carbocycles. The van der Waals surface area contributed by atoms with Crippen LogP contribution in [0, 0.1) is 5.82 Å². The minimum atomic E-state index is -0.648. The van der Waals surface area contributed by atoms with Gasteiger partial charge in [-0.05, 0) is 18.9 Å². The zero-order valence-electron chi connectivity index (χ0n) is 7.20. The van der Waals surface area contributed by atoms with Gasteiger partial charge in [0.25, 0.3) is 0 Å². The molecule has 0 amide bonds. The van der Waals surface area contributed by atoms with Crippen molar-refractivity contribution in [3.63, 3.8) is 0 Å². The largest absolute Gasteiger partial charge is 0.393 e. The molecule has 2 rings (SSSR count). The molecular weight excluding hydrogens is 169 g/mol. The molecule has 3 N–H and O–H groups in total. The summed E-state index contributed by atoms with van der Waals surface area (Å²) in [7, 11) is 0. The first-order valence-corrected chi connectivity index (χ1v) is 4.34. The summed E-state index contributed by atoms with van der Waals surface area (Å²) < 4.78 is 13.3. The van der Waals surface area contributed by atoms with E-state index in [0.717, 1.165) is 0 Å². The molecule has 0 aromatic heterocycles. The van der Waals surface area contributed by atoms with Crippen molar-refractivity contribution in [1.29, 1.82) is 0 Å². The van der Waals surface area contributed by atoms with Crippen LogP contribution < -0.4 is 5.73 Å². The van der Waals surface area contributed by atoms with Crippen LogP contribution in [0.3, 0.4) is 0 Å². The standard InChI is InChI=1S/C10H12FNO/c11-9-4-2-1-3-8(9)10(12)5-7(13)6-10/h1-4,7,13H,5-6,12H2. The van der Waals surface area contributed by atoms with Gasteiger partial charge in [0.2, 0.25) is 0 Å². The van der Waals surface area contributed by atoms with Crippen molar-refractivity contribution in [1.82, 2.24) is 0 Å². The topological polar surface area (TPSA) is 46.2 Å². The summed E-state index contributed by atoms with van der Waals surface area (Å²) in [6, 6.07) is 6.48. The second-order valence-electron chi connectivity index (χ2n) is 3.70. The number of rotatable bonds is 1. The monoisotopic (exact) mass is 181 g/mol. The van der Waals surface area contributed by atoms with Gasteiger partial charge in [-0.1, -0.05) is 18.2 Å². The number of benzene rings is 1. The average molecular weight is 181 g/mol. The van der Waals surface area contributed by atoms with Gasteiger partial charge >= 0.3 is 0 Å². The van der Waals surface area contributed by atoms with Crippen LogP contribution in [0.1, 0.15) is 18.4 Å². The van der Waals surface area contributed by atoms with Gasteiger partial charge in [0, 0.05) is 11.1 Å². The highest BCUT2D eigenvalue weighted by molar-refractivity contribution is 5.29. The molecule has 0 saturated heterocycles. The maximum atomic E-state index is 13.3. The molecule has 3 heteroatoms. The van der Waals surface area contributed by atoms with E-state index in [9.17, 15) is 4.39 Å². The number of aliphatic hydroxyl groups excluding tert-OH is 1. The van der Waals surface area contributed by atoms with Crippen LogP contribution in [0.15, 0.2) is 24.3 Å². The van der Waals surface area contributed by atoms with Crippen LogP contribution in [0.5, 0.6) is 0 Å². The zero-order chi connectivity index (χ0) is 9.47. The Balaban J connectivity index is 2.31. The van der Waals surface area contributed by atoms with E-state index in [-0.39, 0.29) is 11.9 Å². The van der Waals surface area contributed by atoms with E-state index in [1.807, 2.05) is 0 Å². The lowest BCUT2D eigenvalue weighted by Gasteiger charge is -2.42. The molecule has 0 bridgehead atoms. The first-order chi connectivity index (χ1) is 6.12. The second kappa shape index (κ2) is 2.79. The molecule has 70 valence electrons. The van der Waals surface area contributed by atoms with E-state index >= 15 is 0 Å². The molecular formula is C10H12FNO. The molecule has 1 aromatic rings. The number of hydrogen-bond donors (Lipinski definition) is 2. The van der Waals surface area contributed by atoms with E-state index in [0.29, 0.717) is 18.4 Å². The maximum Gasteiger partial charge on any atom is 0.128 e. The predicted molar refractivity (Wildman–Crippen MR) is 47.5 cm³/mol. The van der Waals surface area contributed by atoms with Crippen LogP contribution in [-0.2, 0) is 5.54 Å². The predicted octanol–water partition coefficient (Wildman–Crippen LogP) is 1.13. The van der Waals surface area contributed by atoms with Crippen LogP contribution in [0.4, 0.5) is 4.39 Å². The van der Waals surface area contributed by atoms with Gasteiger partial charge in [0.15, 0.2) is 0 Å². The summed E-state index contributed by atoms with van der Waals surface area (Å²) in [6.45, 7) is 0. The molecule has 0 heterocycles. The number of nitrogens with two attached hydrogens (primary N) is 1. The molecule has 2 nitrogen and oxygen atoms in total. The fourth-order valence-corrected chi connectivity index (χ4v) is 1.87. The van der Waals surface area contributed by atoms with E-state index in [4.69, 9.17) is 10.8 Å². The first-order valence-electron chi connectivity index (χ1n) is 4.34. The molecule has 0 spiro atoms. The molecule has 1 fully saturated rings. The Labute approximate surface area is 76.2 Å². The van der Waals surface area contributed by atoms with Crippen molar-refractivity contribution in [3.05, 3.63) is 35.6 Å². The summed E-state index contributed by atoms with van der Waals surface area (Å²) in [5.74, 6) is -0.281. The highest BCUT2D eigenvalue weighted by Crippen LogP contribution is 2.39. The number of aliphatic hydroxyl groups is 1. The second-order valence-corrected chi connectivity index (χ2v) is 3.70. The SMILES string of the molecule is NC1(c2ccccc2F)CC(O)C1. The van der Waals surface area contributed by atoms with E-state index in [1.54, 1.807) is 18.2 Å². The van der Waals surface area contributed by atoms with Crippen LogP contribution >= 0.6 is 0 Å². The Hall–Kier alpha value is -0.930. The van der Waals surface area contributed by atoms with Gasteiger partial charge in [-0.15, -0.1) is 0 Å². The molecule has 1 aromatic carbocycles. The third-order valence-electron chi connectivity index (χ3n) is 2.61. The van der Waals surface area contributed by atoms with Crippen molar-refractivity contribution in [2.75, 3.05) is 0 Å². The summed E-state index contributed by atoms with van der Waals surface area (Å²) in [6.07, 6.45) is 0.534. The van der Waals surface area contributed by atoms with Crippen LogP contribution in [-0.4, -0.2) is 11.2 Å². The minimum absolute atomic E-state index is 0.281. The lowest BCUT2D eigenvalue weighted by molar-refractivity contribution is 0.0193. The Morgan fingerprint density at radius 3 is 2.54 bits per heavy atom. The van der Waals surface area contributed by atoms with Gasteiger partial charge in [-0.25, -0.2) is 4.39 Å². The molecule has 0 unspecified atom stereocenters. The van der Waals surface area contributed by atoms with Crippen molar-refractivity contribution in [2.24, 2.45) is 5.73 Å². The lowest BCUT2D eigenvalue weighted by atomic mass is 9.70. The normalized spacial score (nSPS) is 32.7. The highest BCUT2D eigenvalue weighted by Gasteiger charge is 2.42. The summed E-state index contributed by atoms with van der Waals surface area (Å²) in [5, 5.41) is 9.13. The highest BCUT2D eigenvalue weighted by atomic mass is 19.1. The molecule has 0 aliphatic heterocycles. The van der Waals surface area contributed by atoms with Crippen LogP contribution in [0.25, 0.3) is 0 Å². The van der Waals surface area contributed by atoms with Gasteiger partial charge in [0.1, 0.15) is 5.82 Å². The zero-order valence-corrected chi connectivity index (χ0v) is 7.20. The quantitative estimate of drug-likeness (QED) is 0.682. The molecule has 0 atom stereocenters. The third-order valence-corrected chi connectivity index (χ3v) is 2.61. The molecule has 13 heavy (non-hydrogen) atoms. The van der Waals surface area contributed by atoms with Gasteiger partial charge < -0.3 is 10.8 Å². The molecule has 0 radical (unpaired) electrons. The Morgan fingerprint density at radius 1 is 1.38 bits per heavy atom. The van der Waals surface area contributed by atoms with Crippen molar-refractivity contribution in [2.45, 2.75) is 24.5 Å². The maximum absolute atomic E-state index is 13.3. The minimum Gasteiger partial charge on any atom is -0.393 e. The molecule has 1 aliphatic rings. The fourth-order valence-electron chi connectivity index (χ4n) is 1.87. The van der Waals surface area contributed by atoms with Gasteiger partial charge in [-0.2, -0.15) is 0 Å². The summed E-state index contributed by atoms with van der Waals surface area (Å²) >= 11 is 0. The van der Waals surface area contributed by atoms with E-state index in [1.165, 1.54) is 6.07 Å². The van der Waals surface area contributed by atoms with Crippen molar-refractivity contribution in [3.8, 4) is 0 Å². The smallest absolute Gasteiger partial charge is 0.128 e. The van der Waals surface area contributed by atoms with E-state index < -0.39 is 5.54 Å². The Bertz CT molecular complexity index is 320. The van der Waals surface area contributed by atoms with Gasteiger partial charge in [0.05, 0.1) is 6.10 Å². The lowest BCUT2D eigenvalue weighted by Crippen LogP contribution is -2.52. The molecule has 1 aliphatic carbocycles.